The first kappa shape index (κ1) is 26.8. The smallest absolute Gasteiger partial charge is 0.416 e. The largest absolute Gasteiger partial charge is 0.486 e. The highest BCUT2D eigenvalue weighted by atomic mass is 19.4. The summed E-state index contributed by atoms with van der Waals surface area (Å²) >= 11 is 0. The van der Waals surface area contributed by atoms with Gasteiger partial charge in [0, 0.05) is 19.2 Å². The van der Waals surface area contributed by atoms with Crippen LogP contribution in [0, 0.1) is 0 Å². The molecule has 0 radical (unpaired) electrons. The number of carboxylic acid groups (broad SMARTS) is 1. The summed E-state index contributed by atoms with van der Waals surface area (Å²) in [6, 6.07) is 19.3. The number of nitrogens with zero attached hydrogens (tertiary/aromatic N) is 1. The number of carbonyl (C=O) groups excluding carboxylic acids is 1. The minimum atomic E-state index is -4.37. The number of hydrogen-bond donors (Lipinski definition) is 1. The normalized spacial score (nSPS) is 12.1. The van der Waals surface area contributed by atoms with Crippen molar-refractivity contribution in [2.75, 3.05) is 13.6 Å². The maximum atomic E-state index is 12.8. The van der Waals surface area contributed by atoms with Gasteiger partial charge in [-0.15, -0.1) is 0 Å². The third kappa shape index (κ3) is 7.10. The van der Waals surface area contributed by atoms with Gasteiger partial charge in [0.2, 0.25) is 0 Å². The first-order valence-corrected chi connectivity index (χ1v) is 11.6. The monoisotopic (exact) mass is 499 g/mol. The highest BCUT2D eigenvalue weighted by molar-refractivity contribution is 5.94. The second kappa shape index (κ2) is 11.7. The van der Waals surface area contributed by atoms with Crippen molar-refractivity contribution in [2.45, 2.75) is 38.5 Å². The van der Waals surface area contributed by atoms with Gasteiger partial charge < -0.3 is 14.7 Å². The Morgan fingerprint density at radius 2 is 1.47 bits per heavy atom. The molecule has 0 saturated heterocycles. The van der Waals surface area contributed by atoms with Crippen molar-refractivity contribution in [1.82, 2.24) is 4.90 Å². The van der Waals surface area contributed by atoms with Gasteiger partial charge in [-0.2, -0.15) is 13.2 Å². The van der Waals surface area contributed by atoms with Gasteiger partial charge in [-0.1, -0.05) is 49.7 Å². The van der Waals surface area contributed by atoms with Crippen molar-refractivity contribution in [2.24, 2.45) is 0 Å². The van der Waals surface area contributed by atoms with Crippen molar-refractivity contribution in [1.29, 1.82) is 0 Å². The molecule has 3 rings (SSSR count). The molecule has 0 spiro atoms. The Labute approximate surface area is 208 Å². The predicted octanol–water partition coefficient (Wildman–Crippen LogP) is 6.84. The van der Waals surface area contributed by atoms with E-state index in [1.165, 1.54) is 17.0 Å². The number of benzene rings is 3. The molecule has 0 bridgehead atoms. The Kier molecular flexibility index (Phi) is 8.74. The summed E-state index contributed by atoms with van der Waals surface area (Å²) in [5.41, 5.74) is 2.18. The quantitative estimate of drug-likeness (QED) is 0.332. The number of alkyl halides is 3. The zero-order valence-electron chi connectivity index (χ0n) is 20.1. The number of rotatable bonds is 10. The summed E-state index contributed by atoms with van der Waals surface area (Å²) in [6.45, 7) is 2.16. The average Bonchev–Trinajstić information content (AvgIpc) is 2.86. The molecule has 3 aromatic carbocycles. The molecule has 5 nitrogen and oxygen atoms in total. The highest BCUT2D eigenvalue weighted by Crippen LogP contribution is 2.32. The lowest BCUT2D eigenvalue weighted by Gasteiger charge is -2.20. The molecule has 0 saturated carbocycles. The summed E-state index contributed by atoms with van der Waals surface area (Å²) in [5.74, 6) is -0.649. The van der Waals surface area contributed by atoms with E-state index in [4.69, 9.17) is 9.84 Å². The lowest BCUT2D eigenvalue weighted by Crippen LogP contribution is -2.28. The summed E-state index contributed by atoms with van der Waals surface area (Å²) in [4.78, 5) is 24.6. The number of carbonyl (C=O) groups is 2. The van der Waals surface area contributed by atoms with Crippen LogP contribution in [0.2, 0.25) is 0 Å². The first-order valence-electron chi connectivity index (χ1n) is 11.6. The second-order valence-electron chi connectivity index (χ2n) is 8.49. The molecule has 1 amide bonds. The van der Waals surface area contributed by atoms with Gasteiger partial charge in [0.15, 0.2) is 0 Å². The molecule has 8 heteroatoms. The summed E-state index contributed by atoms with van der Waals surface area (Å²) in [6.07, 6.45) is -3.11. The van der Waals surface area contributed by atoms with Crippen LogP contribution in [0.15, 0.2) is 72.8 Å². The van der Waals surface area contributed by atoms with Crippen LogP contribution in [0.25, 0.3) is 11.1 Å². The van der Waals surface area contributed by atoms with Crippen molar-refractivity contribution < 1.29 is 32.6 Å². The van der Waals surface area contributed by atoms with E-state index in [1.54, 1.807) is 31.3 Å². The van der Waals surface area contributed by atoms with Crippen LogP contribution < -0.4 is 4.74 Å². The van der Waals surface area contributed by atoms with Crippen molar-refractivity contribution in [3.63, 3.8) is 0 Å². The minimum Gasteiger partial charge on any atom is -0.486 e. The number of aliphatic carboxylic acids is 1. The molecule has 0 unspecified atom stereocenters. The van der Waals surface area contributed by atoms with Gasteiger partial charge in [-0.25, -0.2) is 0 Å². The van der Waals surface area contributed by atoms with E-state index in [1.807, 2.05) is 31.2 Å². The summed E-state index contributed by atoms with van der Waals surface area (Å²) in [5, 5.41) is 8.79. The molecule has 36 heavy (non-hydrogen) atoms. The van der Waals surface area contributed by atoms with Gasteiger partial charge >= 0.3 is 12.1 Å². The van der Waals surface area contributed by atoms with Crippen LogP contribution in [0.3, 0.4) is 0 Å². The minimum absolute atomic E-state index is 0.119. The Hall–Kier alpha value is -3.81. The van der Waals surface area contributed by atoms with Crippen molar-refractivity contribution >= 4 is 11.9 Å². The van der Waals surface area contributed by atoms with Crippen LogP contribution >= 0.6 is 0 Å². The van der Waals surface area contributed by atoms with E-state index in [0.29, 0.717) is 16.9 Å². The molecule has 0 heterocycles. The molecule has 0 aliphatic heterocycles. The summed E-state index contributed by atoms with van der Waals surface area (Å²) in [7, 11) is 1.56. The van der Waals surface area contributed by atoms with Gasteiger partial charge in [-0.05, 0) is 59.5 Å². The second-order valence-corrected chi connectivity index (χ2v) is 8.49. The van der Waals surface area contributed by atoms with Crippen LogP contribution in [0.1, 0.15) is 53.8 Å². The third-order valence-corrected chi connectivity index (χ3v) is 5.77. The van der Waals surface area contributed by atoms with E-state index in [2.05, 4.69) is 0 Å². The third-order valence-electron chi connectivity index (χ3n) is 5.77. The zero-order valence-corrected chi connectivity index (χ0v) is 20.1. The van der Waals surface area contributed by atoms with E-state index >= 15 is 0 Å². The van der Waals surface area contributed by atoms with Gasteiger partial charge in [-0.3, -0.25) is 9.59 Å². The molecule has 0 aromatic heterocycles. The number of hydrogen-bond acceptors (Lipinski definition) is 3. The molecule has 1 N–H and O–H groups in total. The number of amides is 1. The Balaban J connectivity index is 1.69. The standard InChI is InChI=1S/C28H28F3NO4/c1-3-4-25(36-24-15-11-22(12-16-24)27(35)32(2)18-17-26(33)34)21-7-5-19(6-8-21)20-9-13-23(14-10-20)28(29,30)31/h5-16,25H,3-4,17-18H2,1-2H3,(H,33,34)/t25-/m1/s1. The Morgan fingerprint density at radius 3 is 1.97 bits per heavy atom. The van der Waals surface area contributed by atoms with Gasteiger partial charge in [0.1, 0.15) is 11.9 Å². The SMILES string of the molecule is CCC[C@@H](Oc1ccc(C(=O)N(C)CCC(=O)O)cc1)c1ccc(-c2ccc(C(F)(F)F)cc2)cc1. The molecule has 3 aromatic rings. The summed E-state index contributed by atoms with van der Waals surface area (Å²) < 4.78 is 44.6. The molecule has 0 aliphatic rings. The fourth-order valence-corrected chi connectivity index (χ4v) is 3.72. The fourth-order valence-electron chi connectivity index (χ4n) is 3.72. The van der Waals surface area contributed by atoms with Crippen molar-refractivity contribution in [3.05, 3.63) is 89.5 Å². The zero-order chi connectivity index (χ0) is 26.3. The molecule has 0 fully saturated rings. The predicted molar refractivity (Wildman–Crippen MR) is 131 cm³/mol. The van der Waals surface area contributed by atoms with Gasteiger partial charge in [0.05, 0.1) is 12.0 Å². The number of carboxylic acids is 1. The van der Waals surface area contributed by atoms with E-state index in [9.17, 15) is 22.8 Å². The number of halogens is 3. The van der Waals surface area contributed by atoms with Crippen molar-refractivity contribution in [3.8, 4) is 16.9 Å². The topological polar surface area (TPSA) is 66.8 Å². The maximum absolute atomic E-state index is 12.8. The van der Waals surface area contributed by atoms with E-state index in [0.717, 1.165) is 36.1 Å². The molecular formula is C28H28F3NO4. The fraction of sp³-hybridized carbons (Fsp3) is 0.286. The molecular weight excluding hydrogens is 471 g/mol. The highest BCUT2D eigenvalue weighted by Gasteiger charge is 2.30. The maximum Gasteiger partial charge on any atom is 0.416 e. The first-order chi connectivity index (χ1) is 17.1. The average molecular weight is 500 g/mol. The Morgan fingerprint density at radius 1 is 0.917 bits per heavy atom. The van der Waals surface area contributed by atoms with Crippen LogP contribution in [0.4, 0.5) is 13.2 Å². The Bertz CT molecular complexity index is 1160. The number of ether oxygens (including phenoxy) is 1. The lowest BCUT2D eigenvalue weighted by molar-refractivity contribution is -0.138. The van der Waals surface area contributed by atoms with E-state index in [-0.39, 0.29) is 25.0 Å². The van der Waals surface area contributed by atoms with Crippen LogP contribution in [-0.4, -0.2) is 35.5 Å². The lowest BCUT2D eigenvalue weighted by atomic mass is 9.99. The van der Waals surface area contributed by atoms with Gasteiger partial charge in [0.25, 0.3) is 5.91 Å². The van der Waals surface area contributed by atoms with Crippen LogP contribution in [-0.2, 0) is 11.0 Å². The van der Waals surface area contributed by atoms with Crippen LogP contribution in [0.5, 0.6) is 5.75 Å². The molecule has 1 atom stereocenters. The molecule has 190 valence electrons. The molecule has 0 aliphatic carbocycles. The van der Waals surface area contributed by atoms with E-state index < -0.39 is 17.7 Å².